The first-order valence-corrected chi connectivity index (χ1v) is 9.64. The summed E-state index contributed by atoms with van der Waals surface area (Å²) < 4.78 is 44.1. The maximum atomic E-state index is 13.0. The predicted octanol–water partition coefficient (Wildman–Crippen LogP) is 5.90. The minimum Gasteiger partial charge on any atom is -0.462 e. The Morgan fingerprint density at radius 3 is 2.50 bits per heavy atom. The van der Waals surface area contributed by atoms with Crippen LogP contribution in [-0.2, 0) is 10.9 Å². The fourth-order valence-corrected chi connectivity index (χ4v) is 3.10. The standard InChI is InChI=1S/C20H17F3N2O2S/c1-3-27-19(26)16-11-24-17-10-12(20(21,22)23)4-9-15(17)18(16)25-13-5-7-14(28-2)8-6-13/h4-11H,3H2,1-2H3,(H,24,25). The molecule has 1 N–H and O–H groups in total. The Hall–Kier alpha value is -2.74. The first-order valence-electron chi connectivity index (χ1n) is 8.41. The van der Waals surface area contributed by atoms with Crippen molar-refractivity contribution in [3.8, 4) is 0 Å². The van der Waals surface area contributed by atoms with Crippen molar-refractivity contribution in [2.45, 2.75) is 18.0 Å². The van der Waals surface area contributed by atoms with Crippen molar-refractivity contribution in [3.63, 3.8) is 0 Å². The molecule has 28 heavy (non-hydrogen) atoms. The second-order valence-corrected chi connectivity index (χ2v) is 6.73. The Morgan fingerprint density at radius 2 is 1.89 bits per heavy atom. The maximum absolute atomic E-state index is 13.0. The molecule has 0 aliphatic carbocycles. The molecule has 0 radical (unpaired) electrons. The second kappa shape index (κ2) is 8.10. The molecule has 8 heteroatoms. The molecule has 0 atom stereocenters. The van der Waals surface area contributed by atoms with Crippen LogP contribution in [0.5, 0.6) is 0 Å². The van der Waals surface area contributed by atoms with Gasteiger partial charge in [-0.25, -0.2) is 4.79 Å². The van der Waals surface area contributed by atoms with E-state index in [0.29, 0.717) is 16.8 Å². The lowest BCUT2D eigenvalue weighted by molar-refractivity contribution is -0.137. The van der Waals surface area contributed by atoms with Crippen LogP contribution in [0.15, 0.2) is 53.6 Å². The van der Waals surface area contributed by atoms with Gasteiger partial charge in [0.25, 0.3) is 0 Å². The van der Waals surface area contributed by atoms with E-state index >= 15 is 0 Å². The number of thioether (sulfide) groups is 1. The summed E-state index contributed by atoms with van der Waals surface area (Å²) >= 11 is 1.59. The number of rotatable bonds is 5. The molecular weight excluding hydrogens is 389 g/mol. The molecule has 4 nitrogen and oxygen atoms in total. The normalized spacial score (nSPS) is 11.5. The van der Waals surface area contributed by atoms with E-state index in [4.69, 9.17) is 4.74 Å². The zero-order valence-electron chi connectivity index (χ0n) is 15.1. The summed E-state index contributed by atoms with van der Waals surface area (Å²) in [5.41, 5.74) is 0.533. The van der Waals surface area contributed by atoms with Crippen molar-refractivity contribution in [2.24, 2.45) is 0 Å². The summed E-state index contributed by atoms with van der Waals surface area (Å²) in [5, 5.41) is 3.53. The molecule has 146 valence electrons. The number of aromatic nitrogens is 1. The number of nitrogens with one attached hydrogen (secondary N) is 1. The van der Waals surface area contributed by atoms with Gasteiger partial charge in [0.15, 0.2) is 0 Å². The van der Waals surface area contributed by atoms with E-state index in [0.717, 1.165) is 17.0 Å². The summed E-state index contributed by atoms with van der Waals surface area (Å²) in [6.45, 7) is 1.85. The van der Waals surface area contributed by atoms with Gasteiger partial charge >= 0.3 is 12.1 Å². The van der Waals surface area contributed by atoms with Crippen LogP contribution in [0.3, 0.4) is 0 Å². The summed E-state index contributed by atoms with van der Waals surface area (Å²) in [6.07, 6.45) is -1.29. The fourth-order valence-electron chi connectivity index (χ4n) is 2.69. The highest BCUT2D eigenvalue weighted by atomic mass is 32.2. The van der Waals surface area contributed by atoms with Crippen molar-refractivity contribution in [1.29, 1.82) is 0 Å². The van der Waals surface area contributed by atoms with E-state index in [1.165, 1.54) is 12.3 Å². The van der Waals surface area contributed by atoms with E-state index < -0.39 is 17.7 Å². The van der Waals surface area contributed by atoms with Gasteiger partial charge in [-0.1, -0.05) is 6.07 Å². The zero-order chi connectivity index (χ0) is 20.3. The van der Waals surface area contributed by atoms with Crippen LogP contribution in [0, 0.1) is 0 Å². The number of pyridine rings is 1. The quantitative estimate of drug-likeness (QED) is 0.423. The van der Waals surface area contributed by atoms with Crippen molar-refractivity contribution in [1.82, 2.24) is 4.98 Å². The predicted molar refractivity (Wildman–Crippen MR) is 104 cm³/mol. The number of benzene rings is 2. The summed E-state index contributed by atoms with van der Waals surface area (Å²) in [4.78, 5) is 17.4. The lowest BCUT2D eigenvalue weighted by Gasteiger charge is -2.15. The number of hydrogen-bond acceptors (Lipinski definition) is 5. The van der Waals surface area contributed by atoms with Crippen LogP contribution in [0.2, 0.25) is 0 Å². The summed E-state index contributed by atoms with van der Waals surface area (Å²) in [6, 6.07) is 10.7. The van der Waals surface area contributed by atoms with Crippen molar-refractivity contribution in [3.05, 3.63) is 59.8 Å². The molecule has 0 spiro atoms. The Morgan fingerprint density at radius 1 is 1.18 bits per heavy atom. The van der Waals surface area contributed by atoms with Gasteiger partial charge < -0.3 is 10.1 Å². The molecule has 3 rings (SSSR count). The van der Waals surface area contributed by atoms with Gasteiger partial charge in [0.2, 0.25) is 0 Å². The molecule has 0 saturated carbocycles. The lowest BCUT2D eigenvalue weighted by atomic mass is 10.1. The third kappa shape index (κ3) is 4.22. The smallest absolute Gasteiger partial charge is 0.416 e. The number of carbonyl (C=O) groups is 1. The molecule has 0 bridgehead atoms. The lowest BCUT2D eigenvalue weighted by Crippen LogP contribution is -2.10. The molecule has 1 heterocycles. The number of hydrogen-bond donors (Lipinski definition) is 1. The second-order valence-electron chi connectivity index (χ2n) is 5.85. The van der Waals surface area contributed by atoms with Gasteiger partial charge in [-0.2, -0.15) is 13.2 Å². The van der Waals surface area contributed by atoms with Crippen LogP contribution in [0.1, 0.15) is 22.8 Å². The van der Waals surface area contributed by atoms with Gasteiger partial charge in [0.05, 0.1) is 23.4 Å². The van der Waals surface area contributed by atoms with Gasteiger partial charge in [-0.3, -0.25) is 4.98 Å². The van der Waals surface area contributed by atoms with Crippen molar-refractivity contribution < 1.29 is 22.7 Å². The van der Waals surface area contributed by atoms with Gasteiger partial charge in [-0.15, -0.1) is 11.8 Å². The van der Waals surface area contributed by atoms with E-state index in [1.807, 2.05) is 30.5 Å². The number of nitrogens with zero attached hydrogens (tertiary/aromatic N) is 1. The average molecular weight is 406 g/mol. The third-order valence-electron chi connectivity index (χ3n) is 4.05. The molecule has 2 aromatic carbocycles. The molecule has 0 unspecified atom stereocenters. The van der Waals surface area contributed by atoms with Crippen LogP contribution in [0.4, 0.5) is 24.5 Å². The summed E-state index contributed by atoms with van der Waals surface area (Å²) in [7, 11) is 0. The fraction of sp³-hybridized carbons (Fsp3) is 0.200. The number of alkyl halides is 3. The Bertz CT molecular complexity index is 1000. The molecule has 0 aliphatic rings. The topological polar surface area (TPSA) is 51.2 Å². The largest absolute Gasteiger partial charge is 0.462 e. The van der Waals surface area contributed by atoms with E-state index in [9.17, 15) is 18.0 Å². The number of anilines is 2. The molecule has 0 aliphatic heterocycles. The first-order chi connectivity index (χ1) is 13.3. The molecule has 0 fully saturated rings. The third-order valence-corrected chi connectivity index (χ3v) is 4.79. The van der Waals surface area contributed by atoms with Gasteiger partial charge in [0, 0.05) is 22.2 Å². The molecule has 0 saturated heterocycles. The average Bonchev–Trinajstić information content (AvgIpc) is 2.67. The van der Waals surface area contributed by atoms with Gasteiger partial charge in [0.1, 0.15) is 5.56 Å². The number of esters is 1. The molecular formula is C20H17F3N2O2S. The summed E-state index contributed by atoms with van der Waals surface area (Å²) in [5.74, 6) is -0.597. The van der Waals surface area contributed by atoms with Crippen molar-refractivity contribution in [2.75, 3.05) is 18.2 Å². The highest BCUT2D eigenvalue weighted by Crippen LogP contribution is 2.35. The van der Waals surface area contributed by atoms with E-state index in [-0.39, 0.29) is 17.7 Å². The SMILES string of the molecule is CCOC(=O)c1cnc2cc(C(F)(F)F)ccc2c1Nc1ccc(SC)cc1. The number of ether oxygens (including phenoxy) is 1. The molecule has 3 aromatic rings. The zero-order valence-corrected chi connectivity index (χ0v) is 15.9. The van der Waals surface area contributed by atoms with Crippen LogP contribution < -0.4 is 5.32 Å². The Labute approximate surface area is 164 Å². The number of halogens is 3. The minimum atomic E-state index is -4.48. The maximum Gasteiger partial charge on any atom is 0.416 e. The Balaban J connectivity index is 2.13. The molecule has 1 aromatic heterocycles. The van der Waals surface area contributed by atoms with E-state index in [1.54, 1.807) is 18.7 Å². The number of carbonyl (C=O) groups excluding carboxylic acids is 1. The van der Waals surface area contributed by atoms with Crippen LogP contribution in [0.25, 0.3) is 10.9 Å². The highest BCUT2D eigenvalue weighted by Gasteiger charge is 2.31. The molecule has 0 amide bonds. The van der Waals surface area contributed by atoms with E-state index in [2.05, 4.69) is 10.3 Å². The monoisotopic (exact) mass is 406 g/mol. The first kappa shape index (κ1) is 20.0. The minimum absolute atomic E-state index is 0.131. The van der Waals surface area contributed by atoms with Crippen LogP contribution >= 0.6 is 11.8 Å². The van der Waals surface area contributed by atoms with Crippen LogP contribution in [-0.4, -0.2) is 23.8 Å². The van der Waals surface area contributed by atoms with Crippen molar-refractivity contribution >= 4 is 40.0 Å². The Kier molecular flexibility index (Phi) is 5.79. The highest BCUT2D eigenvalue weighted by molar-refractivity contribution is 7.98. The number of fused-ring (bicyclic) bond motifs is 1. The van der Waals surface area contributed by atoms with Gasteiger partial charge in [-0.05, 0) is 49.6 Å².